The number of nitrogens with zero attached hydrogens (tertiary/aromatic N) is 4. The number of fused-ring (bicyclic) bond motifs is 1. The van der Waals surface area contributed by atoms with Gasteiger partial charge in [-0.1, -0.05) is 0 Å². The molecule has 1 fully saturated rings. The van der Waals surface area contributed by atoms with Gasteiger partial charge < -0.3 is 19.5 Å². The third-order valence-corrected chi connectivity index (χ3v) is 4.13. The van der Waals surface area contributed by atoms with Crippen LogP contribution in [0.25, 0.3) is 0 Å². The lowest BCUT2D eigenvalue weighted by Crippen LogP contribution is -2.38. The van der Waals surface area contributed by atoms with Crippen molar-refractivity contribution in [2.75, 3.05) is 26.2 Å². The smallest absolute Gasteiger partial charge is 0.410 e. The summed E-state index contributed by atoms with van der Waals surface area (Å²) in [5.74, 6) is 2.48. The van der Waals surface area contributed by atoms with Crippen molar-refractivity contribution in [2.45, 2.75) is 51.7 Å². The van der Waals surface area contributed by atoms with Gasteiger partial charge in [-0.05, 0) is 33.7 Å². The van der Waals surface area contributed by atoms with Crippen molar-refractivity contribution in [2.24, 2.45) is 0 Å². The fraction of sp³-hybridized carbons (Fsp3) is 0.800. The summed E-state index contributed by atoms with van der Waals surface area (Å²) in [6, 6.07) is 0. The van der Waals surface area contributed by atoms with Gasteiger partial charge in [0.15, 0.2) is 0 Å². The number of carbonyl (C=O) groups is 1. The Balaban J connectivity index is 1.69. The minimum absolute atomic E-state index is 0.240. The first-order valence-electron chi connectivity index (χ1n) is 8.04. The van der Waals surface area contributed by atoms with Gasteiger partial charge in [0.25, 0.3) is 0 Å². The summed E-state index contributed by atoms with van der Waals surface area (Å²) in [7, 11) is 0. The highest BCUT2D eigenvalue weighted by Crippen LogP contribution is 2.23. The van der Waals surface area contributed by atoms with Gasteiger partial charge in [0.1, 0.15) is 17.2 Å². The number of aromatic nitrogens is 3. The van der Waals surface area contributed by atoms with Crippen LogP contribution in [0.2, 0.25) is 0 Å². The fourth-order valence-corrected chi connectivity index (χ4v) is 3.03. The standard InChI is InChI=1S/C15H25N5O2/c1-15(2,3)22-14(21)19-7-5-12-17-18-13(20(12)9-8-19)11-4-6-16-10-11/h11,16H,4-10H2,1-3H3. The monoisotopic (exact) mass is 307 g/mol. The molecule has 3 heterocycles. The van der Waals surface area contributed by atoms with Gasteiger partial charge in [-0.25, -0.2) is 4.79 Å². The molecule has 0 bridgehead atoms. The molecule has 1 aromatic rings. The largest absolute Gasteiger partial charge is 0.444 e. The molecule has 22 heavy (non-hydrogen) atoms. The lowest BCUT2D eigenvalue weighted by Gasteiger charge is -2.26. The number of hydrogen-bond acceptors (Lipinski definition) is 5. The summed E-state index contributed by atoms with van der Waals surface area (Å²) in [6.07, 6.45) is 1.59. The second-order valence-corrected chi connectivity index (χ2v) is 7.03. The van der Waals surface area contributed by atoms with Gasteiger partial charge in [-0.15, -0.1) is 10.2 Å². The molecule has 1 atom stereocenters. The molecule has 7 heteroatoms. The van der Waals surface area contributed by atoms with E-state index in [9.17, 15) is 4.79 Å². The minimum atomic E-state index is -0.459. The van der Waals surface area contributed by atoms with E-state index in [1.54, 1.807) is 4.90 Å². The van der Waals surface area contributed by atoms with Crippen LogP contribution in [0.1, 0.15) is 44.8 Å². The topological polar surface area (TPSA) is 72.3 Å². The summed E-state index contributed by atoms with van der Waals surface area (Å²) in [5, 5.41) is 12.1. The molecule has 2 aliphatic rings. The molecule has 1 saturated heterocycles. The third kappa shape index (κ3) is 3.24. The molecule has 1 aromatic heterocycles. The van der Waals surface area contributed by atoms with Crippen LogP contribution < -0.4 is 5.32 Å². The van der Waals surface area contributed by atoms with E-state index in [1.165, 1.54) is 0 Å². The summed E-state index contributed by atoms with van der Waals surface area (Å²) >= 11 is 0. The van der Waals surface area contributed by atoms with Crippen molar-refractivity contribution in [1.29, 1.82) is 0 Å². The molecule has 1 amide bonds. The molecule has 0 saturated carbocycles. The average molecular weight is 307 g/mol. The highest BCUT2D eigenvalue weighted by atomic mass is 16.6. The zero-order valence-electron chi connectivity index (χ0n) is 13.6. The number of hydrogen-bond donors (Lipinski definition) is 1. The molecule has 0 aliphatic carbocycles. The van der Waals surface area contributed by atoms with Crippen LogP contribution in [0.4, 0.5) is 4.79 Å². The van der Waals surface area contributed by atoms with Crippen LogP contribution in [-0.4, -0.2) is 57.5 Å². The SMILES string of the molecule is CC(C)(C)OC(=O)N1CCc2nnc(C3CCNC3)n2CC1. The van der Waals surface area contributed by atoms with E-state index >= 15 is 0 Å². The van der Waals surface area contributed by atoms with Crippen LogP contribution >= 0.6 is 0 Å². The molecule has 1 N–H and O–H groups in total. The van der Waals surface area contributed by atoms with E-state index in [2.05, 4.69) is 20.1 Å². The van der Waals surface area contributed by atoms with Crippen LogP contribution in [-0.2, 0) is 17.7 Å². The van der Waals surface area contributed by atoms with Crippen LogP contribution in [0.5, 0.6) is 0 Å². The zero-order valence-corrected chi connectivity index (χ0v) is 13.6. The molecular formula is C15H25N5O2. The van der Waals surface area contributed by atoms with E-state index in [-0.39, 0.29) is 6.09 Å². The summed E-state index contributed by atoms with van der Waals surface area (Å²) in [5.41, 5.74) is -0.459. The average Bonchev–Trinajstić information content (AvgIpc) is 3.02. The second-order valence-electron chi connectivity index (χ2n) is 7.03. The summed E-state index contributed by atoms with van der Waals surface area (Å²) in [4.78, 5) is 14.0. The third-order valence-electron chi connectivity index (χ3n) is 4.13. The van der Waals surface area contributed by atoms with Gasteiger partial charge in [0.2, 0.25) is 0 Å². The molecule has 2 aliphatic heterocycles. The van der Waals surface area contributed by atoms with Gasteiger partial charge in [-0.2, -0.15) is 0 Å². The van der Waals surface area contributed by atoms with Crippen LogP contribution in [0.3, 0.4) is 0 Å². The summed E-state index contributed by atoms with van der Waals surface area (Å²) < 4.78 is 7.67. The van der Waals surface area contributed by atoms with Gasteiger partial charge in [-0.3, -0.25) is 0 Å². The highest BCUT2D eigenvalue weighted by molar-refractivity contribution is 5.68. The molecule has 122 valence electrons. The molecule has 1 unspecified atom stereocenters. The Hall–Kier alpha value is -1.63. The number of carbonyl (C=O) groups excluding carboxylic acids is 1. The second kappa shape index (κ2) is 5.87. The van der Waals surface area contributed by atoms with Crippen LogP contribution in [0.15, 0.2) is 0 Å². The predicted molar refractivity (Wildman–Crippen MR) is 81.8 cm³/mol. The van der Waals surface area contributed by atoms with E-state index in [4.69, 9.17) is 4.74 Å². The maximum atomic E-state index is 12.2. The van der Waals surface area contributed by atoms with Crippen molar-refractivity contribution in [1.82, 2.24) is 25.0 Å². The van der Waals surface area contributed by atoms with Crippen molar-refractivity contribution in [3.05, 3.63) is 11.6 Å². The molecule has 7 nitrogen and oxygen atoms in total. The molecule has 0 aromatic carbocycles. The maximum absolute atomic E-state index is 12.2. The fourth-order valence-electron chi connectivity index (χ4n) is 3.03. The number of ether oxygens (including phenoxy) is 1. The predicted octanol–water partition coefficient (Wildman–Crippen LogP) is 1.15. The number of amides is 1. The van der Waals surface area contributed by atoms with Crippen LogP contribution in [0, 0.1) is 0 Å². The first-order valence-corrected chi connectivity index (χ1v) is 8.04. The zero-order chi connectivity index (χ0) is 15.7. The normalized spacial score (nSPS) is 22.3. The van der Waals surface area contributed by atoms with E-state index in [1.807, 2.05) is 20.8 Å². The quantitative estimate of drug-likeness (QED) is 0.842. The Morgan fingerprint density at radius 3 is 2.77 bits per heavy atom. The Morgan fingerprint density at radius 1 is 1.27 bits per heavy atom. The Morgan fingerprint density at radius 2 is 2.09 bits per heavy atom. The maximum Gasteiger partial charge on any atom is 0.410 e. The molecular weight excluding hydrogens is 282 g/mol. The number of nitrogens with one attached hydrogen (secondary N) is 1. The Kier molecular flexibility index (Phi) is 4.08. The lowest BCUT2D eigenvalue weighted by atomic mass is 10.1. The van der Waals surface area contributed by atoms with E-state index < -0.39 is 5.60 Å². The van der Waals surface area contributed by atoms with Crippen molar-refractivity contribution >= 4 is 6.09 Å². The van der Waals surface area contributed by atoms with E-state index in [0.717, 1.165) is 44.1 Å². The molecule has 0 spiro atoms. The first-order chi connectivity index (χ1) is 10.4. The van der Waals surface area contributed by atoms with Crippen molar-refractivity contribution < 1.29 is 9.53 Å². The highest BCUT2D eigenvalue weighted by Gasteiger charge is 2.28. The Bertz CT molecular complexity index is 543. The van der Waals surface area contributed by atoms with Crippen molar-refractivity contribution in [3.8, 4) is 0 Å². The minimum Gasteiger partial charge on any atom is -0.444 e. The van der Waals surface area contributed by atoms with Crippen molar-refractivity contribution in [3.63, 3.8) is 0 Å². The first kappa shape index (κ1) is 15.3. The molecule has 0 radical (unpaired) electrons. The summed E-state index contributed by atoms with van der Waals surface area (Å²) in [6.45, 7) is 9.70. The van der Waals surface area contributed by atoms with Gasteiger partial charge in [0, 0.05) is 38.5 Å². The lowest BCUT2D eigenvalue weighted by molar-refractivity contribution is 0.0253. The van der Waals surface area contributed by atoms with Gasteiger partial charge in [0.05, 0.1) is 0 Å². The number of rotatable bonds is 1. The van der Waals surface area contributed by atoms with Gasteiger partial charge >= 0.3 is 6.09 Å². The Labute approximate surface area is 131 Å². The molecule has 3 rings (SSSR count). The van der Waals surface area contributed by atoms with E-state index in [0.29, 0.717) is 19.0 Å².